The Kier molecular flexibility index (Phi) is 5.39. The summed E-state index contributed by atoms with van der Waals surface area (Å²) in [6.07, 6.45) is 0.632. The van der Waals surface area contributed by atoms with Crippen molar-refractivity contribution in [1.82, 2.24) is 4.90 Å². The van der Waals surface area contributed by atoms with Crippen LogP contribution < -0.4 is 0 Å². The number of carboxylic acid groups (broad SMARTS) is 1. The average Bonchev–Trinajstić information content (AvgIpc) is 2.76. The number of carboxylic acids is 1. The summed E-state index contributed by atoms with van der Waals surface area (Å²) < 4.78 is 10.7. The highest BCUT2D eigenvalue weighted by Gasteiger charge is 2.41. The van der Waals surface area contributed by atoms with Gasteiger partial charge < -0.3 is 19.5 Å². The van der Waals surface area contributed by atoms with Crippen molar-refractivity contribution in [1.29, 1.82) is 0 Å². The first-order chi connectivity index (χ1) is 9.17. The third-order valence-electron chi connectivity index (χ3n) is 3.46. The van der Waals surface area contributed by atoms with E-state index in [-0.39, 0.29) is 6.04 Å². The lowest BCUT2D eigenvalue weighted by atomic mass is 9.96. The van der Waals surface area contributed by atoms with Gasteiger partial charge >= 0.3 is 12.1 Å². The van der Waals surface area contributed by atoms with E-state index in [0.717, 1.165) is 12.8 Å². The van der Waals surface area contributed by atoms with Gasteiger partial charge in [-0.15, -0.1) is 0 Å². The first-order valence-electron chi connectivity index (χ1n) is 6.92. The Morgan fingerprint density at radius 3 is 2.40 bits per heavy atom. The molecule has 6 heteroatoms. The molecule has 0 saturated carbocycles. The Morgan fingerprint density at radius 1 is 1.35 bits per heavy atom. The highest BCUT2D eigenvalue weighted by Crippen LogP contribution is 2.27. The molecule has 0 bridgehead atoms. The molecule has 0 radical (unpaired) electrons. The molecule has 1 heterocycles. The molecule has 0 aliphatic carbocycles. The number of ether oxygens (including phenoxy) is 2. The van der Waals surface area contributed by atoms with Crippen molar-refractivity contribution in [2.45, 2.75) is 58.3 Å². The highest BCUT2D eigenvalue weighted by molar-refractivity contribution is 5.71. The molecule has 1 rings (SSSR count). The van der Waals surface area contributed by atoms with E-state index in [9.17, 15) is 9.59 Å². The Balaban J connectivity index is 2.82. The zero-order valence-corrected chi connectivity index (χ0v) is 12.9. The normalized spacial score (nSPS) is 22.4. The maximum Gasteiger partial charge on any atom is 0.410 e. The van der Waals surface area contributed by atoms with E-state index < -0.39 is 29.7 Å². The van der Waals surface area contributed by atoms with E-state index in [1.807, 2.05) is 20.8 Å². The van der Waals surface area contributed by atoms with Gasteiger partial charge in [0.15, 0.2) is 0 Å². The third kappa shape index (κ3) is 4.10. The molecule has 0 aromatic rings. The van der Waals surface area contributed by atoms with Gasteiger partial charge in [0.1, 0.15) is 5.60 Å². The second-order valence-electron chi connectivity index (χ2n) is 6.21. The number of hydrogen-bond acceptors (Lipinski definition) is 4. The predicted molar refractivity (Wildman–Crippen MR) is 73.6 cm³/mol. The molecule has 6 nitrogen and oxygen atoms in total. The lowest BCUT2D eigenvalue weighted by Gasteiger charge is -2.34. The second kappa shape index (κ2) is 6.43. The van der Waals surface area contributed by atoms with E-state index in [1.54, 1.807) is 11.8 Å². The van der Waals surface area contributed by atoms with Crippen LogP contribution in [-0.2, 0) is 14.3 Å². The molecule has 1 fully saturated rings. The van der Waals surface area contributed by atoms with Crippen LogP contribution in [0.1, 0.15) is 40.5 Å². The molecule has 1 N–H and O–H groups in total. The van der Waals surface area contributed by atoms with Crippen LogP contribution in [0.3, 0.4) is 0 Å². The molecule has 0 aromatic carbocycles. The van der Waals surface area contributed by atoms with Crippen LogP contribution >= 0.6 is 0 Å². The largest absolute Gasteiger partial charge is 0.481 e. The number of aliphatic carboxylic acids is 1. The number of nitrogens with zero attached hydrogens (tertiary/aromatic N) is 1. The summed E-state index contributed by atoms with van der Waals surface area (Å²) in [5.41, 5.74) is -0.564. The van der Waals surface area contributed by atoms with Crippen LogP contribution in [0.5, 0.6) is 0 Å². The van der Waals surface area contributed by atoms with Gasteiger partial charge in [-0.05, 0) is 40.5 Å². The fourth-order valence-electron chi connectivity index (χ4n) is 2.52. The van der Waals surface area contributed by atoms with Gasteiger partial charge in [-0.1, -0.05) is 0 Å². The topological polar surface area (TPSA) is 76.1 Å². The molecule has 116 valence electrons. The van der Waals surface area contributed by atoms with Crippen LogP contribution in [0.2, 0.25) is 0 Å². The smallest absolute Gasteiger partial charge is 0.410 e. The summed E-state index contributed by atoms with van der Waals surface area (Å²) in [6.45, 7) is 7.60. The van der Waals surface area contributed by atoms with E-state index in [4.69, 9.17) is 14.6 Å². The van der Waals surface area contributed by atoms with Crippen LogP contribution in [0.4, 0.5) is 4.79 Å². The van der Waals surface area contributed by atoms with Gasteiger partial charge in [-0.2, -0.15) is 0 Å². The molecular weight excluding hydrogens is 262 g/mol. The summed E-state index contributed by atoms with van der Waals surface area (Å²) in [4.78, 5) is 24.9. The van der Waals surface area contributed by atoms with Crippen molar-refractivity contribution in [3.05, 3.63) is 0 Å². The van der Waals surface area contributed by atoms with Crippen molar-refractivity contribution in [3.8, 4) is 0 Å². The van der Waals surface area contributed by atoms with Gasteiger partial charge in [0.25, 0.3) is 0 Å². The number of methoxy groups -OCH3 is 1. The minimum Gasteiger partial charge on any atom is -0.481 e. The fraction of sp³-hybridized carbons (Fsp3) is 0.857. The van der Waals surface area contributed by atoms with Gasteiger partial charge in [0.2, 0.25) is 0 Å². The summed E-state index contributed by atoms with van der Waals surface area (Å²) in [5, 5.41) is 9.14. The van der Waals surface area contributed by atoms with Gasteiger partial charge in [0.05, 0.1) is 18.1 Å². The Morgan fingerprint density at radius 2 is 1.95 bits per heavy atom. The molecule has 3 atom stereocenters. The predicted octanol–water partition coefficient (Wildman–Crippen LogP) is 2.12. The minimum absolute atomic E-state index is 0.249. The Hall–Kier alpha value is -1.30. The lowest BCUT2D eigenvalue weighted by Crippen LogP contribution is -2.49. The van der Waals surface area contributed by atoms with E-state index in [2.05, 4.69) is 0 Å². The SMILES string of the molecule is CO[C@H]([C@H](C)C(=O)O)[C@H]1CCCN1C(=O)OC(C)(C)C. The van der Waals surface area contributed by atoms with Crippen molar-refractivity contribution in [3.63, 3.8) is 0 Å². The van der Waals surface area contributed by atoms with Gasteiger partial charge in [-0.25, -0.2) is 4.79 Å². The van der Waals surface area contributed by atoms with Gasteiger partial charge in [0, 0.05) is 13.7 Å². The first-order valence-corrected chi connectivity index (χ1v) is 6.92. The Labute approximate surface area is 120 Å². The van der Waals surface area contributed by atoms with Crippen molar-refractivity contribution in [2.75, 3.05) is 13.7 Å². The molecule has 1 aliphatic rings. The molecule has 1 aliphatic heterocycles. The number of likely N-dealkylation sites (tertiary alicyclic amines) is 1. The van der Waals surface area contributed by atoms with Crippen LogP contribution in [0.15, 0.2) is 0 Å². The number of rotatable bonds is 4. The zero-order valence-electron chi connectivity index (χ0n) is 12.9. The molecular formula is C14H25NO5. The molecule has 0 aromatic heterocycles. The monoisotopic (exact) mass is 287 g/mol. The molecule has 0 unspecified atom stereocenters. The standard InChI is InChI=1S/C14H25NO5/c1-9(12(16)17)11(19-5)10-7-6-8-15(10)13(18)20-14(2,3)4/h9-11H,6-8H2,1-5H3,(H,16,17)/t9-,10+,11+/m0/s1. The van der Waals surface area contributed by atoms with Crippen LogP contribution in [-0.4, -0.2) is 53.5 Å². The quantitative estimate of drug-likeness (QED) is 0.857. The van der Waals surface area contributed by atoms with Crippen molar-refractivity contribution in [2.24, 2.45) is 5.92 Å². The molecule has 1 saturated heterocycles. The minimum atomic E-state index is -0.923. The summed E-state index contributed by atoms with van der Waals surface area (Å²) in [5.74, 6) is -1.60. The number of carbonyl (C=O) groups excluding carboxylic acids is 1. The summed E-state index contributed by atoms with van der Waals surface area (Å²) in [7, 11) is 1.48. The Bertz CT molecular complexity index is 363. The fourth-order valence-corrected chi connectivity index (χ4v) is 2.52. The van der Waals surface area contributed by atoms with Gasteiger partial charge in [-0.3, -0.25) is 4.79 Å². The zero-order chi connectivity index (χ0) is 15.5. The number of hydrogen-bond donors (Lipinski definition) is 1. The number of amides is 1. The van der Waals surface area contributed by atoms with Crippen LogP contribution in [0.25, 0.3) is 0 Å². The maximum atomic E-state index is 12.2. The number of carbonyl (C=O) groups is 2. The molecule has 1 amide bonds. The van der Waals surface area contributed by atoms with E-state index >= 15 is 0 Å². The second-order valence-corrected chi connectivity index (χ2v) is 6.21. The maximum absolute atomic E-state index is 12.2. The molecule has 0 spiro atoms. The first kappa shape index (κ1) is 16.8. The highest BCUT2D eigenvalue weighted by atomic mass is 16.6. The summed E-state index contributed by atoms with van der Waals surface area (Å²) in [6, 6.07) is -0.249. The molecule has 20 heavy (non-hydrogen) atoms. The van der Waals surface area contributed by atoms with Crippen LogP contribution in [0, 0.1) is 5.92 Å². The summed E-state index contributed by atoms with van der Waals surface area (Å²) >= 11 is 0. The average molecular weight is 287 g/mol. The third-order valence-corrected chi connectivity index (χ3v) is 3.46. The van der Waals surface area contributed by atoms with E-state index in [1.165, 1.54) is 7.11 Å². The lowest BCUT2D eigenvalue weighted by molar-refractivity contribution is -0.147. The van der Waals surface area contributed by atoms with E-state index in [0.29, 0.717) is 6.54 Å². The van der Waals surface area contributed by atoms with Crippen molar-refractivity contribution >= 4 is 12.1 Å². The van der Waals surface area contributed by atoms with Crippen molar-refractivity contribution < 1.29 is 24.2 Å².